The molecule has 0 bridgehead atoms. The predicted molar refractivity (Wildman–Crippen MR) is 266 cm³/mol. The number of aliphatic hydroxyl groups is 4. The second-order valence-electron chi connectivity index (χ2n) is 16.8. The van der Waals surface area contributed by atoms with Crippen LogP contribution in [0.1, 0.15) is 62.2 Å². The summed E-state index contributed by atoms with van der Waals surface area (Å²) in [6.07, 6.45) is 0.125. The Kier molecular flexibility index (Phi) is 42.0. The van der Waals surface area contributed by atoms with E-state index in [2.05, 4.69) is 27.7 Å². The Morgan fingerprint density at radius 3 is 0.789 bits per heavy atom. The number of aliphatic hydroxyl groups excluding tert-OH is 4. The molecule has 2 rings (SSSR count). The van der Waals surface area contributed by atoms with Crippen LogP contribution < -0.4 is 4.74 Å². The highest BCUT2D eigenvalue weighted by Crippen LogP contribution is 2.40. The first kappa shape index (κ1) is 64.6. The Hall–Kier alpha value is -2.48. The molecule has 2 aromatic carbocycles. The van der Waals surface area contributed by atoms with Gasteiger partial charge in [-0.3, -0.25) is 0 Å². The molecule has 412 valence electrons. The Balaban J connectivity index is 1.82. The van der Waals surface area contributed by atoms with E-state index in [9.17, 15) is 10.2 Å². The second kappa shape index (κ2) is 46.1. The summed E-state index contributed by atoms with van der Waals surface area (Å²) in [6.45, 7) is 18.5. The summed E-state index contributed by atoms with van der Waals surface area (Å²) in [4.78, 5) is 0. The molecule has 0 aliphatic heterocycles. The lowest BCUT2D eigenvalue weighted by atomic mass is 9.93. The average molecular weight is 1020 g/mol. The minimum Gasteiger partial charge on any atom is -0.457 e. The fourth-order valence-corrected chi connectivity index (χ4v) is 6.93. The van der Waals surface area contributed by atoms with Crippen LogP contribution in [0.2, 0.25) is 0 Å². The minimum absolute atomic E-state index is 0.00349. The van der Waals surface area contributed by atoms with Crippen molar-refractivity contribution in [3.05, 3.63) is 58.7 Å². The standard InChI is InChI=1S/C52H90O19/c1-43(2)39-45-7-5-9-47(51(45)49(41-55)69-37-35-67-33-31-65-29-27-63-25-23-61-21-19-59-17-15-57-13-11-53)71-48-10-6-8-46(40-44(3)4)52(48)50(42-56)70-38-36-68-34-32-66-30-28-64-26-24-62-22-20-60-18-16-58-14-12-54/h5-10,43-44,49-50,53-56H,11-42H2,1-4H3. The summed E-state index contributed by atoms with van der Waals surface area (Å²) in [5.41, 5.74) is 3.55. The molecule has 19 nitrogen and oxygen atoms in total. The summed E-state index contributed by atoms with van der Waals surface area (Å²) in [5.74, 6) is 1.76. The van der Waals surface area contributed by atoms with Crippen LogP contribution in [0, 0.1) is 11.8 Å². The topological polar surface area (TPSA) is 219 Å². The van der Waals surface area contributed by atoms with E-state index >= 15 is 0 Å². The quantitative estimate of drug-likeness (QED) is 0.0684. The number of hydrogen-bond acceptors (Lipinski definition) is 19. The zero-order chi connectivity index (χ0) is 51.3. The highest BCUT2D eigenvalue weighted by Gasteiger charge is 2.26. The lowest BCUT2D eigenvalue weighted by molar-refractivity contribution is -0.0380. The van der Waals surface area contributed by atoms with E-state index in [4.69, 9.17) is 81.3 Å². The van der Waals surface area contributed by atoms with Crippen molar-refractivity contribution in [2.45, 2.75) is 52.7 Å². The van der Waals surface area contributed by atoms with Crippen molar-refractivity contribution in [3.8, 4) is 11.5 Å². The lowest BCUT2D eigenvalue weighted by Gasteiger charge is -2.26. The van der Waals surface area contributed by atoms with Gasteiger partial charge < -0.3 is 91.5 Å². The van der Waals surface area contributed by atoms with Gasteiger partial charge >= 0.3 is 0 Å². The van der Waals surface area contributed by atoms with Gasteiger partial charge in [0.25, 0.3) is 0 Å². The lowest BCUT2D eigenvalue weighted by Crippen LogP contribution is -2.19. The van der Waals surface area contributed by atoms with Gasteiger partial charge in [-0.1, -0.05) is 52.0 Å². The SMILES string of the molecule is CC(C)Cc1cccc(Oc2cccc(CC(C)C)c2C(CO)OCCOCCOCCOCCOCCOCCOCCO)c1C(CO)OCCOCCOCCOCCOCCOCCOCCO. The van der Waals surface area contributed by atoms with Crippen molar-refractivity contribution < 1.29 is 91.5 Å². The van der Waals surface area contributed by atoms with E-state index in [0.29, 0.717) is 182 Å². The first-order valence-electron chi connectivity index (χ1n) is 25.4. The molecule has 0 amide bonds. The third-order valence-corrected chi connectivity index (χ3v) is 10.0. The highest BCUT2D eigenvalue weighted by atomic mass is 16.6. The molecule has 0 aliphatic carbocycles. The summed E-state index contributed by atoms with van der Waals surface area (Å²) >= 11 is 0. The molecular weight excluding hydrogens is 929 g/mol. The molecule has 0 saturated heterocycles. The third-order valence-electron chi connectivity index (χ3n) is 10.0. The first-order valence-corrected chi connectivity index (χ1v) is 25.4. The van der Waals surface area contributed by atoms with E-state index in [-0.39, 0.29) is 39.6 Å². The van der Waals surface area contributed by atoms with Crippen LogP contribution in [-0.4, -0.2) is 219 Å². The van der Waals surface area contributed by atoms with Gasteiger partial charge in [-0.2, -0.15) is 0 Å². The van der Waals surface area contributed by atoms with Gasteiger partial charge in [0, 0.05) is 11.1 Å². The smallest absolute Gasteiger partial charge is 0.133 e. The van der Waals surface area contributed by atoms with Crippen LogP contribution in [0.15, 0.2) is 36.4 Å². The molecule has 0 aliphatic rings. The molecule has 0 heterocycles. The van der Waals surface area contributed by atoms with Crippen LogP contribution in [-0.2, 0) is 79.2 Å². The molecule has 2 atom stereocenters. The second-order valence-corrected chi connectivity index (χ2v) is 16.8. The van der Waals surface area contributed by atoms with Crippen LogP contribution >= 0.6 is 0 Å². The molecule has 0 spiro atoms. The van der Waals surface area contributed by atoms with Crippen LogP contribution in [0.4, 0.5) is 0 Å². The van der Waals surface area contributed by atoms with Crippen LogP contribution in [0.5, 0.6) is 11.5 Å². The molecule has 4 N–H and O–H groups in total. The summed E-state index contributed by atoms with van der Waals surface area (Å²) in [5, 5.41) is 38.8. The van der Waals surface area contributed by atoms with Crippen molar-refractivity contribution in [1.29, 1.82) is 0 Å². The average Bonchev–Trinajstić information content (AvgIpc) is 3.35. The van der Waals surface area contributed by atoms with Crippen molar-refractivity contribution in [1.82, 2.24) is 0 Å². The fourth-order valence-electron chi connectivity index (χ4n) is 6.93. The van der Waals surface area contributed by atoms with Crippen LogP contribution in [0.25, 0.3) is 0 Å². The van der Waals surface area contributed by atoms with Crippen molar-refractivity contribution in [3.63, 3.8) is 0 Å². The van der Waals surface area contributed by atoms with Gasteiger partial charge in [0.15, 0.2) is 0 Å². The molecule has 0 radical (unpaired) electrons. The maximum Gasteiger partial charge on any atom is 0.133 e. The van der Waals surface area contributed by atoms with E-state index in [0.717, 1.165) is 35.1 Å². The Morgan fingerprint density at radius 2 is 0.563 bits per heavy atom. The van der Waals surface area contributed by atoms with Gasteiger partial charge in [0.1, 0.15) is 23.7 Å². The van der Waals surface area contributed by atoms with Gasteiger partial charge in [-0.25, -0.2) is 0 Å². The Morgan fingerprint density at radius 1 is 0.324 bits per heavy atom. The fraction of sp³-hybridized carbons (Fsp3) is 0.769. The number of benzene rings is 2. The number of ether oxygens (including phenoxy) is 15. The van der Waals surface area contributed by atoms with E-state index < -0.39 is 12.2 Å². The largest absolute Gasteiger partial charge is 0.457 e. The van der Waals surface area contributed by atoms with E-state index in [1.165, 1.54) is 0 Å². The summed E-state index contributed by atoms with van der Waals surface area (Å²) in [6, 6.07) is 11.8. The van der Waals surface area contributed by atoms with Crippen molar-refractivity contribution >= 4 is 0 Å². The molecule has 0 aromatic heterocycles. The highest BCUT2D eigenvalue weighted by molar-refractivity contribution is 5.49. The van der Waals surface area contributed by atoms with Crippen molar-refractivity contribution in [2.75, 3.05) is 198 Å². The van der Waals surface area contributed by atoms with Gasteiger partial charge in [-0.05, 0) is 47.9 Å². The van der Waals surface area contributed by atoms with Gasteiger partial charge in [-0.15, -0.1) is 0 Å². The summed E-state index contributed by atoms with van der Waals surface area (Å²) in [7, 11) is 0. The van der Waals surface area contributed by atoms with Gasteiger partial charge in [0.05, 0.1) is 198 Å². The maximum absolute atomic E-state index is 10.7. The zero-order valence-electron chi connectivity index (χ0n) is 43.3. The molecule has 19 heteroatoms. The molecule has 2 unspecified atom stereocenters. The number of rotatable bonds is 52. The van der Waals surface area contributed by atoms with Crippen molar-refractivity contribution in [2.24, 2.45) is 11.8 Å². The third kappa shape index (κ3) is 33.1. The molecule has 71 heavy (non-hydrogen) atoms. The summed E-state index contributed by atoms with van der Waals surface area (Å²) < 4.78 is 85.3. The molecule has 0 fully saturated rings. The number of hydrogen-bond donors (Lipinski definition) is 4. The first-order chi connectivity index (χ1) is 34.9. The minimum atomic E-state index is -0.683. The van der Waals surface area contributed by atoms with Gasteiger partial charge in [0.2, 0.25) is 0 Å². The van der Waals surface area contributed by atoms with E-state index in [1.54, 1.807) is 0 Å². The Labute approximate surface area is 423 Å². The Bertz CT molecular complexity index is 1380. The molecule has 0 saturated carbocycles. The van der Waals surface area contributed by atoms with Crippen LogP contribution in [0.3, 0.4) is 0 Å². The normalized spacial score (nSPS) is 12.7. The molecular formula is C52H90O19. The van der Waals surface area contributed by atoms with E-state index in [1.807, 2.05) is 36.4 Å². The molecule has 2 aromatic rings. The monoisotopic (exact) mass is 1020 g/mol. The predicted octanol–water partition coefficient (Wildman–Crippen LogP) is 4.16. The zero-order valence-corrected chi connectivity index (χ0v) is 43.3. The maximum atomic E-state index is 10.7.